The van der Waals surface area contributed by atoms with Crippen LogP contribution in [0.25, 0.3) is 10.2 Å². The highest BCUT2D eigenvalue weighted by molar-refractivity contribution is 7.18. The maximum absolute atomic E-state index is 12.5. The second-order valence-electron chi connectivity index (χ2n) is 7.16. The Morgan fingerprint density at radius 3 is 3.08 bits per heavy atom. The summed E-state index contributed by atoms with van der Waals surface area (Å²) in [6.07, 6.45) is 4.63. The Bertz CT molecular complexity index is 824. The fourth-order valence-electron chi connectivity index (χ4n) is 3.27. The minimum Gasteiger partial charge on any atom is -0.356 e. The first-order valence-corrected chi connectivity index (χ1v) is 9.81. The van der Waals surface area contributed by atoms with Gasteiger partial charge in [-0.05, 0) is 44.1 Å². The largest absolute Gasteiger partial charge is 0.356 e. The van der Waals surface area contributed by atoms with Crippen molar-refractivity contribution in [1.29, 1.82) is 0 Å². The molecule has 2 aromatic heterocycles. The minimum atomic E-state index is -0.0654. The molecule has 0 saturated carbocycles. The zero-order chi connectivity index (χ0) is 18.0. The van der Waals surface area contributed by atoms with Gasteiger partial charge in [-0.1, -0.05) is 6.92 Å². The van der Waals surface area contributed by atoms with Crippen molar-refractivity contribution in [3.8, 4) is 0 Å². The van der Waals surface area contributed by atoms with Gasteiger partial charge in [-0.3, -0.25) is 9.59 Å². The molecule has 1 amide bonds. The number of aryl methyl sites for hydroxylation is 2. The van der Waals surface area contributed by atoms with Crippen LogP contribution < -0.4 is 16.6 Å². The van der Waals surface area contributed by atoms with Crippen LogP contribution in [0.5, 0.6) is 0 Å². The number of fused-ring (bicyclic) bond motifs is 3. The van der Waals surface area contributed by atoms with Crippen molar-refractivity contribution < 1.29 is 4.79 Å². The van der Waals surface area contributed by atoms with E-state index in [4.69, 9.17) is 5.73 Å². The summed E-state index contributed by atoms with van der Waals surface area (Å²) in [5.74, 6) is 1.22. The SMILES string of the molecule is CC(N)CCNC(=O)CCc1nc2sc3c(c2c(=O)[nH]1)CCC(C)C3. The quantitative estimate of drug-likeness (QED) is 0.730. The summed E-state index contributed by atoms with van der Waals surface area (Å²) < 4.78 is 0. The van der Waals surface area contributed by atoms with Gasteiger partial charge in [0.25, 0.3) is 5.56 Å². The molecule has 0 bridgehead atoms. The highest BCUT2D eigenvalue weighted by atomic mass is 32.1. The van der Waals surface area contributed by atoms with Gasteiger partial charge in [-0.15, -0.1) is 11.3 Å². The van der Waals surface area contributed by atoms with E-state index in [1.165, 1.54) is 10.4 Å². The molecule has 136 valence electrons. The summed E-state index contributed by atoms with van der Waals surface area (Å²) in [7, 11) is 0. The number of aromatic nitrogens is 2. The Labute approximate surface area is 151 Å². The Kier molecular flexibility index (Phi) is 5.54. The second-order valence-corrected chi connectivity index (χ2v) is 8.24. The van der Waals surface area contributed by atoms with E-state index in [-0.39, 0.29) is 17.5 Å². The van der Waals surface area contributed by atoms with Crippen molar-refractivity contribution in [3.63, 3.8) is 0 Å². The van der Waals surface area contributed by atoms with Crippen LogP contribution in [0.4, 0.5) is 0 Å². The standard InChI is InChI=1S/C18H26N4O2S/c1-10-3-4-12-13(9-10)25-18-16(12)17(24)21-14(22-18)5-6-15(23)20-8-7-11(2)19/h10-11H,3-9,19H2,1-2H3,(H,20,23)(H,21,22,24). The number of nitrogens with zero attached hydrogens (tertiary/aromatic N) is 1. The van der Waals surface area contributed by atoms with E-state index in [2.05, 4.69) is 22.2 Å². The fraction of sp³-hybridized carbons (Fsp3) is 0.611. The number of H-pyrrole nitrogens is 1. The van der Waals surface area contributed by atoms with Crippen molar-refractivity contribution >= 4 is 27.5 Å². The number of hydrogen-bond donors (Lipinski definition) is 3. The molecule has 0 spiro atoms. The van der Waals surface area contributed by atoms with Crippen LogP contribution >= 0.6 is 11.3 Å². The van der Waals surface area contributed by atoms with Crippen LogP contribution in [0.15, 0.2) is 4.79 Å². The number of carbonyl (C=O) groups is 1. The first kappa shape index (κ1) is 18.1. The molecule has 1 aliphatic rings. The number of nitrogens with two attached hydrogens (primary N) is 1. The predicted octanol–water partition coefficient (Wildman–Crippen LogP) is 1.90. The van der Waals surface area contributed by atoms with Crippen LogP contribution in [-0.4, -0.2) is 28.5 Å². The summed E-state index contributed by atoms with van der Waals surface area (Å²) in [6.45, 7) is 4.74. The molecule has 25 heavy (non-hydrogen) atoms. The Balaban J connectivity index is 1.69. The number of carbonyl (C=O) groups excluding carboxylic acids is 1. The number of thiophene rings is 1. The van der Waals surface area contributed by atoms with Crippen molar-refractivity contribution in [2.45, 2.75) is 58.4 Å². The molecule has 4 N–H and O–H groups in total. The van der Waals surface area contributed by atoms with Crippen molar-refractivity contribution in [2.75, 3.05) is 6.54 Å². The van der Waals surface area contributed by atoms with Gasteiger partial charge in [0.1, 0.15) is 10.7 Å². The van der Waals surface area contributed by atoms with Gasteiger partial charge in [-0.25, -0.2) is 4.98 Å². The molecule has 2 aromatic rings. The summed E-state index contributed by atoms with van der Waals surface area (Å²) >= 11 is 1.64. The maximum atomic E-state index is 12.5. The number of amides is 1. The van der Waals surface area contributed by atoms with Crippen LogP contribution in [-0.2, 0) is 24.1 Å². The topological polar surface area (TPSA) is 101 Å². The van der Waals surface area contributed by atoms with E-state index >= 15 is 0 Å². The van der Waals surface area contributed by atoms with E-state index in [9.17, 15) is 9.59 Å². The van der Waals surface area contributed by atoms with E-state index in [1.54, 1.807) is 11.3 Å². The molecular formula is C18H26N4O2S. The minimum absolute atomic E-state index is 0.0392. The first-order valence-electron chi connectivity index (χ1n) is 8.99. The van der Waals surface area contributed by atoms with Gasteiger partial charge in [0.2, 0.25) is 5.91 Å². The van der Waals surface area contributed by atoms with Crippen molar-refractivity contribution in [3.05, 3.63) is 26.6 Å². The molecule has 0 aromatic carbocycles. The third-order valence-corrected chi connectivity index (χ3v) is 5.87. The van der Waals surface area contributed by atoms with Gasteiger partial charge in [0.05, 0.1) is 5.39 Å². The molecule has 3 rings (SSSR count). The van der Waals surface area contributed by atoms with E-state index in [1.807, 2.05) is 6.92 Å². The average Bonchev–Trinajstić information content (AvgIpc) is 2.90. The zero-order valence-corrected chi connectivity index (χ0v) is 15.7. The molecule has 1 aliphatic carbocycles. The van der Waals surface area contributed by atoms with Crippen LogP contribution in [0.2, 0.25) is 0 Å². The van der Waals surface area contributed by atoms with E-state index in [0.717, 1.165) is 35.9 Å². The lowest BCUT2D eigenvalue weighted by Crippen LogP contribution is -2.29. The Hall–Kier alpha value is -1.73. The second kappa shape index (κ2) is 7.66. The maximum Gasteiger partial charge on any atom is 0.259 e. The molecular weight excluding hydrogens is 336 g/mol. The number of aromatic amines is 1. The molecule has 0 radical (unpaired) electrons. The van der Waals surface area contributed by atoms with Gasteiger partial charge in [0, 0.05) is 30.3 Å². The summed E-state index contributed by atoms with van der Waals surface area (Å²) in [5.41, 5.74) is 6.79. The highest BCUT2D eigenvalue weighted by Crippen LogP contribution is 2.35. The molecule has 6 nitrogen and oxygen atoms in total. The smallest absolute Gasteiger partial charge is 0.259 e. The first-order chi connectivity index (χ1) is 11.9. The fourth-order valence-corrected chi connectivity index (χ4v) is 4.67. The van der Waals surface area contributed by atoms with Gasteiger partial charge in [0.15, 0.2) is 0 Å². The van der Waals surface area contributed by atoms with Gasteiger partial charge in [-0.2, -0.15) is 0 Å². The molecule has 0 saturated heterocycles. The Morgan fingerprint density at radius 1 is 1.52 bits per heavy atom. The normalized spacial score (nSPS) is 18.1. The average molecular weight is 362 g/mol. The van der Waals surface area contributed by atoms with Crippen LogP contribution in [0.3, 0.4) is 0 Å². The van der Waals surface area contributed by atoms with Crippen LogP contribution in [0.1, 0.15) is 49.4 Å². The molecule has 2 unspecified atom stereocenters. The van der Waals surface area contributed by atoms with Crippen molar-refractivity contribution in [1.82, 2.24) is 15.3 Å². The summed E-state index contributed by atoms with van der Waals surface area (Å²) in [5, 5.41) is 3.61. The third kappa shape index (κ3) is 4.27. The monoisotopic (exact) mass is 362 g/mol. The number of nitrogens with one attached hydrogen (secondary N) is 2. The van der Waals surface area contributed by atoms with E-state index in [0.29, 0.717) is 31.1 Å². The number of hydrogen-bond acceptors (Lipinski definition) is 5. The third-order valence-electron chi connectivity index (χ3n) is 4.73. The molecule has 2 heterocycles. The van der Waals surface area contributed by atoms with Crippen molar-refractivity contribution in [2.24, 2.45) is 11.7 Å². The number of rotatable bonds is 6. The lowest BCUT2D eigenvalue weighted by Gasteiger charge is -2.17. The lowest BCUT2D eigenvalue weighted by molar-refractivity contribution is -0.121. The van der Waals surface area contributed by atoms with E-state index < -0.39 is 0 Å². The lowest BCUT2D eigenvalue weighted by atomic mass is 9.89. The Morgan fingerprint density at radius 2 is 2.32 bits per heavy atom. The molecule has 0 aliphatic heterocycles. The molecule has 2 atom stereocenters. The zero-order valence-electron chi connectivity index (χ0n) is 14.9. The molecule has 7 heteroatoms. The highest BCUT2D eigenvalue weighted by Gasteiger charge is 2.23. The molecule has 0 fully saturated rings. The summed E-state index contributed by atoms with van der Waals surface area (Å²) in [4.78, 5) is 34.0. The predicted molar refractivity (Wildman–Crippen MR) is 101 cm³/mol. The van der Waals surface area contributed by atoms with Crippen LogP contribution in [0, 0.1) is 5.92 Å². The summed E-state index contributed by atoms with van der Waals surface area (Å²) in [6, 6.07) is 0.0771. The van der Waals surface area contributed by atoms with Gasteiger partial charge >= 0.3 is 0 Å². The van der Waals surface area contributed by atoms with Gasteiger partial charge < -0.3 is 16.0 Å².